The SMILES string of the molecule is CCc1nn(CC)c(CC(O)CC2CC2)c1Br. The van der Waals surface area contributed by atoms with Crippen LogP contribution in [-0.4, -0.2) is 21.0 Å². The molecule has 1 heterocycles. The van der Waals surface area contributed by atoms with E-state index in [2.05, 4.69) is 34.9 Å². The van der Waals surface area contributed by atoms with Gasteiger partial charge in [-0.3, -0.25) is 4.68 Å². The average Bonchev–Trinajstić information content (AvgIpc) is 3.06. The van der Waals surface area contributed by atoms with Crippen molar-refractivity contribution in [2.24, 2.45) is 5.92 Å². The maximum atomic E-state index is 10.1. The minimum Gasteiger partial charge on any atom is -0.393 e. The Hall–Kier alpha value is -0.350. The Bertz CT molecular complexity index is 385. The van der Waals surface area contributed by atoms with Crippen LogP contribution in [-0.2, 0) is 19.4 Å². The highest BCUT2D eigenvalue weighted by molar-refractivity contribution is 9.10. The minimum absolute atomic E-state index is 0.217. The van der Waals surface area contributed by atoms with Crippen molar-refractivity contribution < 1.29 is 5.11 Å². The van der Waals surface area contributed by atoms with Gasteiger partial charge in [-0.05, 0) is 41.6 Å². The average molecular weight is 301 g/mol. The predicted molar refractivity (Wildman–Crippen MR) is 72.0 cm³/mol. The Morgan fingerprint density at radius 1 is 1.47 bits per heavy atom. The number of hydrogen-bond donors (Lipinski definition) is 1. The van der Waals surface area contributed by atoms with Crippen molar-refractivity contribution in [2.75, 3.05) is 0 Å². The second kappa shape index (κ2) is 5.53. The van der Waals surface area contributed by atoms with Gasteiger partial charge in [-0.25, -0.2) is 0 Å². The molecule has 1 aromatic rings. The highest BCUT2D eigenvalue weighted by Gasteiger charge is 2.26. The van der Waals surface area contributed by atoms with E-state index in [1.54, 1.807) is 0 Å². The van der Waals surface area contributed by atoms with Gasteiger partial charge < -0.3 is 5.11 Å². The molecule has 1 aliphatic rings. The summed E-state index contributed by atoms with van der Waals surface area (Å²) in [5.74, 6) is 0.771. The van der Waals surface area contributed by atoms with Crippen LogP contribution in [0, 0.1) is 5.92 Å². The van der Waals surface area contributed by atoms with Crippen LogP contribution >= 0.6 is 15.9 Å². The molecule has 1 N–H and O–H groups in total. The Kier molecular flexibility index (Phi) is 4.26. The van der Waals surface area contributed by atoms with Gasteiger partial charge in [-0.2, -0.15) is 5.10 Å². The number of rotatable bonds is 6. The van der Waals surface area contributed by atoms with Crippen LogP contribution < -0.4 is 0 Å². The summed E-state index contributed by atoms with van der Waals surface area (Å²) >= 11 is 3.62. The molecule has 0 saturated heterocycles. The number of aliphatic hydroxyl groups excluding tert-OH is 1. The molecule has 1 fully saturated rings. The number of hydrogen-bond acceptors (Lipinski definition) is 2. The summed E-state index contributed by atoms with van der Waals surface area (Å²) in [7, 11) is 0. The highest BCUT2D eigenvalue weighted by Crippen LogP contribution is 2.34. The van der Waals surface area contributed by atoms with Gasteiger partial charge in [0.2, 0.25) is 0 Å². The van der Waals surface area contributed by atoms with E-state index in [1.807, 2.05) is 4.68 Å². The summed E-state index contributed by atoms with van der Waals surface area (Å²) in [4.78, 5) is 0. The van der Waals surface area contributed by atoms with Crippen LogP contribution in [0.4, 0.5) is 0 Å². The van der Waals surface area contributed by atoms with Crippen molar-refractivity contribution in [3.8, 4) is 0 Å². The lowest BCUT2D eigenvalue weighted by Gasteiger charge is -2.11. The van der Waals surface area contributed by atoms with Crippen LogP contribution in [0.1, 0.15) is 44.5 Å². The topological polar surface area (TPSA) is 38.0 Å². The van der Waals surface area contributed by atoms with Gasteiger partial charge in [0.25, 0.3) is 0 Å². The predicted octanol–water partition coefficient (Wildman–Crippen LogP) is 2.93. The summed E-state index contributed by atoms with van der Waals surface area (Å²) in [5, 5.41) is 14.6. The molecule has 0 spiro atoms. The first-order valence-electron chi connectivity index (χ1n) is 6.57. The molecule has 1 atom stereocenters. The largest absolute Gasteiger partial charge is 0.393 e. The van der Waals surface area contributed by atoms with Crippen LogP contribution in [0.2, 0.25) is 0 Å². The van der Waals surface area contributed by atoms with Gasteiger partial charge in [0.05, 0.1) is 22.0 Å². The second-order valence-corrected chi connectivity index (χ2v) is 5.71. The molecule has 4 heteroatoms. The van der Waals surface area contributed by atoms with Crippen molar-refractivity contribution in [3.63, 3.8) is 0 Å². The number of aromatic nitrogens is 2. The molecule has 0 aliphatic heterocycles. The Morgan fingerprint density at radius 2 is 2.18 bits per heavy atom. The summed E-state index contributed by atoms with van der Waals surface area (Å²) in [6.07, 6.45) is 4.97. The first-order valence-corrected chi connectivity index (χ1v) is 7.37. The van der Waals surface area contributed by atoms with Crippen molar-refractivity contribution in [1.82, 2.24) is 9.78 Å². The second-order valence-electron chi connectivity index (χ2n) is 4.91. The summed E-state index contributed by atoms with van der Waals surface area (Å²) in [5.41, 5.74) is 2.25. The maximum absolute atomic E-state index is 10.1. The molecule has 96 valence electrons. The van der Waals surface area contributed by atoms with Crippen molar-refractivity contribution in [2.45, 2.75) is 58.6 Å². The van der Waals surface area contributed by atoms with Gasteiger partial charge in [-0.15, -0.1) is 0 Å². The maximum Gasteiger partial charge on any atom is 0.0766 e. The molecule has 0 radical (unpaired) electrons. The van der Waals surface area contributed by atoms with Crippen molar-refractivity contribution >= 4 is 15.9 Å². The highest BCUT2D eigenvalue weighted by atomic mass is 79.9. The quantitative estimate of drug-likeness (QED) is 0.877. The molecule has 0 amide bonds. The summed E-state index contributed by atoms with van der Waals surface area (Å²) < 4.78 is 3.11. The fourth-order valence-electron chi connectivity index (χ4n) is 2.26. The van der Waals surface area contributed by atoms with E-state index in [4.69, 9.17) is 0 Å². The van der Waals surface area contributed by atoms with E-state index in [-0.39, 0.29) is 6.10 Å². The molecule has 0 bridgehead atoms. The van der Waals surface area contributed by atoms with E-state index < -0.39 is 0 Å². The van der Waals surface area contributed by atoms with Crippen LogP contribution in [0.15, 0.2) is 4.47 Å². The van der Waals surface area contributed by atoms with E-state index in [0.29, 0.717) is 0 Å². The van der Waals surface area contributed by atoms with Gasteiger partial charge in [-0.1, -0.05) is 19.8 Å². The lowest BCUT2D eigenvalue weighted by molar-refractivity contribution is 0.155. The smallest absolute Gasteiger partial charge is 0.0766 e. The molecule has 1 aliphatic carbocycles. The zero-order valence-corrected chi connectivity index (χ0v) is 12.2. The fourth-order valence-corrected chi connectivity index (χ4v) is 2.98. The number of nitrogens with zero attached hydrogens (tertiary/aromatic N) is 2. The van der Waals surface area contributed by atoms with Gasteiger partial charge in [0.1, 0.15) is 0 Å². The molecule has 1 aromatic heterocycles. The molecule has 0 aromatic carbocycles. The Morgan fingerprint density at radius 3 is 2.71 bits per heavy atom. The Balaban J connectivity index is 2.09. The van der Waals surface area contributed by atoms with E-state index >= 15 is 0 Å². The van der Waals surface area contributed by atoms with E-state index in [9.17, 15) is 5.11 Å². The van der Waals surface area contributed by atoms with E-state index in [1.165, 1.54) is 12.8 Å². The lowest BCUT2D eigenvalue weighted by Crippen LogP contribution is -2.15. The first kappa shape index (κ1) is 13.1. The zero-order chi connectivity index (χ0) is 12.4. The van der Waals surface area contributed by atoms with Crippen LogP contribution in [0.25, 0.3) is 0 Å². The van der Waals surface area contributed by atoms with Gasteiger partial charge in [0.15, 0.2) is 0 Å². The number of aliphatic hydroxyl groups is 1. The normalized spacial score (nSPS) is 17.4. The standard InChI is InChI=1S/C13H21BrN2O/c1-3-11-13(14)12(16(4-2)15-11)8-10(17)7-9-5-6-9/h9-10,17H,3-8H2,1-2H3. The molecular weight excluding hydrogens is 280 g/mol. The summed E-state index contributed by atoms with van der Waals surface area (Å²) in [6, 6.07) is 0. The molecule has 17 heavy (non-hydrogen) atoms. The third-order valence-corrected chi connectivity index (χ3v) is 4.34. The fraction of sp³-hybridized carbons (Fsp3) is 0.769. The zero-order valence-electron chi connectivity index (χ0n) is 10.6. The van der Waals surface area contributed by atoms with Gasteiger partial charge in [0, 0.05) is 13.0 Å². The Labute approximate surface area is 111 Å². The number of halogens is 1. The number of aryl methyl sites for hydroxylation is 2. The lowest BCUT2D eigenvalue weighted by atomic mass is 10.1. The monoisotopic (exact) mass is 300 g/mol. The molecule has 3 nitrogen and oxygen atoms in total. The third kappa shape index (κ3) is 3.10. The third-order valence-electron chi connectivity index (χ3n) is 3.43. The van der Waals surface area contributed by atoms with Crippen LogP contribution in [0.3, 0.4) is 0 Å². The molecule has 1 unspecified atom stereocenters. The first-order chi connectivity index (χ1) is 8.15. The van der Waals surface area contributed by atoms with Crippen molar-refractivity contribution in [1.29, 1.82) is 0 Å². The molecule has 1 saturated carbocycles. The van der Waals surface area contributed by atoms with Crippen LogP contribution in [0.5, 0.6) is 0 Å². The van der Waals surface area contributed by atoms with E-state index in [0.717, 1.165) is 47.6 Å². The van der Waals surface area contributed by atoms with Crippen molar-refractivity contribution in [3.05, 3.63) is 15.9 Å². The molecular formula is C13H21BrN2O. The van der Waals surface area contributed by atoms with Gasteiger partial charge >= 0.3 is 0 Å². The minimum atomic E-state index is -0.217. The summed E-state index contributed by atoms with van der Waals surface area (Å²) in [6.45, 7) is 5.07. The molecule has 2 rings (SSSR count).